The molecule has 536 valence electrons. The molecule has 10 N–H and O–H groups in total. The van der Waals surface area contributed by atoms with E-state index >= 15 is 0 Å². The minimum Gasteiger partial charge on any atom is -0.483 e. The smallest absolute Gasteiger partial charge is 0.341 e. The van der Waals surface area contributed by atoms with E-state index in [2.05, 4.69) is 42.6 Å². The first kappa shape index (κ1) is 76.1. The number of nitrogens with one attached hydrogen (secondary N) is 7. The zero-order chi connectivity index (χ0) is 72.5. The van der Waals surface area contributed by atoms with Crippen molar-refractivity contribution in [2.24, 2.45) is 5.73 Å². The molecule has 2 fully saturated rings. The molecule has 0 aliphatic carbocycles. The number of carboxylic acids is 1. The van der Waals surface area contributed by atoms with E-state index in [0.29, 0.717) is 17.3 Å². The first-order chi connectivity index (χ1) is 48.8. The number of aryl methyl sites for hydroxylation is 2. The van der Waals surface area contributed by atoms with Crippen LogP contribution in [0.2, 0.25) is 0 Å². The maximum absolute atomic E-state index is 13.2. The molecule has 101 heavy (non-hydrogen) atoms. The van der Waals surface area contributed by atoms with Crippen LogP contribution < -0.4 is 52.6 Å². The molecule has 2 unspecified atom stereocenters. The van der Waals surface area contributed by atoms with E-state index < -0.39 is 77.8 Å². The van der Waals surface area contributed by atoms with Crippen molar-refractivity contribution in [3.05, 3.63) is 150 Å². The van der Waals surface area contributed by atoms with Crippen LogP contribution in [0.4, 0.5) is 0 Å². The number of amides is 11. The maximum atomic E-state index is 13.2. The maximum Gasteiger partial charge on any atom is 0.341 e. The number of hydrogen-bond donors (Lipinski definition) is 9. The van der Waals surface area contributed by atoms with Gasteiger partial charge >= 0.3 is 5.97 Å². The van der Waals surface area contributed by atoms with Crippen LogP contribution in [0.15, 0.2) is 94.8 Å². The predicted octanol–water partition coefficient (Wildman–Crippen LogP) is 6.99. The summed E-state index contributed by atoms with van der Waals surface area (Å²) in [4.78, 5) is 178. The van der Waals surface area contributed by atoms with E-state index in [-0.39, 0.29) is 99.8 Å². The summed E-state index contributed by atoms with van der Waals surface area (Å²) in [5.41, 5.74) is 9.10. The third-order valence-corrected chi connectivity index (χ3v) is 18.0. The van der Waals surface area contributed by atoms with Crippen molar-refractivity contribution < 1.29 is 72.1 Å². The number of hydrogen-bond acceptors (Lipinski definition) is 17. The molecule has 0 bridgehead atoms. The molecule has 0 spiro atoms. The molecular formula is C74H88N10O17. The number of aliphatic carboxylic acids is 1. The number of carboxylic acid groups (broad SMARTS) is 1. The molecule has 2 aromatic heterocycles. The first-order valence-corrected chi connectivity index (χ1v) is 34.6. The standard InChI is InChI=1S/C37H43N5O8.C22H33N3O2.C15H12N2O7/c1-38-34(46)26-21-40-27-16-15-23(20-25(27)33(26)45)12-9-7-5-3-2-4-6-8-10-19-39-31(44)22-50-29-14-11-13-24-32(29)37(49)42(36(24)48)28-17-18-30(43)41-35(28)47;1-24-22(27)19-16-25-20-13-12-17(15-18(20)21(19)26)11-9-7-5-3-2-4-6-8-10-14-23;18-10-5-4-8(13(21)16-10)17-14(22)7-2-1-3-9(12(7)15(17)23)24-6-11(19)20/h11,13-16,20-21,28H,2-10,12,17-19,22H2,1H3,(H,38,46)(H,39,44)(H,40,45)(H,41,43,47);12-13,15-16H,2-11,14,23H2,1H3,(H,24,27)(H,25,26);1-3,8H,4-6H2,(H,19,20)(H,16,18,21). The number of nitrogens with two attached hydrogens (primary N) is 1. The van der Waals surface area contributed by atoms with Gasteiger partial charge in [-0.3, -0.25) is 82.8 Å². The summed E-state index contributed by atoms with van der Waals surface area (Å²) in [7, 11) is 3.03. The van der Waals surface area contributed by atoms with E-state index in [0.717, 1.165) is 122 Å². The summed E-state index contributed by atoms with van der Waals surface area (Å²) in [6.45, 7) is 0.321. The third-order valence-electron chi connectivity index (χ3n) is 18.0. The number of fused-ring (bicyclic) bond motifs is 4. The third kappa shape index (κ3) is 20.0. The summed E-state index contributed by atoms with van der Waals surface area (Å²) < 4.78 is 10.7. The van der Waals surface area contributed by atoms with Crippen LogP contribution in [0.3, 0.4) is 0 Å². The van der Waals surface area contributed by atoms with E-state index in [1.54, 1.807) is 6.07 Å². The lowest BCUT2D eigenvalue weighted by Crippen LogP contribution is -2.54. The van der Waals surface area contributed by atoms with Crippen LogP contribution in [0.5, 0.6) is 11.5 Å². The zero-order valence-corrected chi connectivity index (χ0v) is 57.0. The number of piperidine rings is 2. The molecule has 4 aliphatic rings. The molecule has 6 aromatic rings. The number of rotatable bonds is 33. The van der Waals surface area contributed by atoms with Crippen LogP contribution in [0, 0.1) is 0 Å². The molecule has 2 saturated heterocycles. The number of imide groups is 4. The first-order valence-electron chi connectivity index (χ1n) is 34.6. The van der Waals surface area contributed by atoms with Gasteiger partial charge in [0.2, 0.25) is 34.5 Å². The summed E-state index contributed by atoms with van der Waals surface area (Å²) in [5, 5.41) is 21.9. The number of carbonyl (C=O) groups is 12. The van der Waals surface area contributed by atoms with Gasteiger partial charge in [-0.1, -0.05) is 114 Å². The number of benzene rings is 4. The van der Waals surface area contributed by atoms with Gasteiger partial charge in [0.25, 0.3) is 41.4 Å². The Morgan fingerprint density at radius 3 is 1.30 bits per heavy atom. The van der Waals surface area contributed by atoms with Crippen molar-refractivity contribution in [2.45, 2.75) is 166 Å². The lowest BCUT2D eigenvalue weighted by atomic mass is 10.0. The molecule has 6 heterocycles. The van der Waals surface area contributed by atoms with E-state index in [9.17, 15) is 67.1 Å². The summed E-state index contributed by atoms with van der Waals surface area (Å²) in [6.07, 6.45) is 25.8. The van der Waals surface area contributed by atoms with Crippen molar-refractivity contribution in [1.29, 1.82) is 0 Å². The van der Waals surface area contributed by atoms with Gasteiger partial charge in [0.1, 0.15) is 34.7 Å². The number of unbranched alkanes of at least 4 members (excludes halogenated alkanes) is 16. The fraction of sp³-hybridized carbons (Fsp3) is 0.432. The number of H-pyrrole nitrogens is 2. The second-order valence-corrected chi connectivity index (χ2v) is 25.2. The lowest BCUT2D eigenvalue weighted by Gasteiger charge is -2.27. The molecule has 10 rings (SSSR count). The monoisotopic (exact) mass is 1390 g/mol. The Morgan fingerprint density at radius 2 is 0.901 bits per heavy atom. The molecular weight excluding hydrogens is 1300 g/mol. The van der Waals surface area contributed by atoms with E-state index in [1.807, 2.05) is 30.3 Å². The number of pyridine rings is 2. The van der Waals surface area contributed by atoms with Crippen LogP contribution in [-0.2, 0) is 41.6 Å². The Hall–Kier alpha value is -10.7. The predicted molar refractivity (Wildman–Crippen MR) is 373 cm³/mol. The molecule has 11 amide bonds. The van der Waals surface area contributed by atoms with Gasteiger partial charge in [0.15, 0.2) is 13.2 Å². The van der Waals surface area contributed by atoms with Crippen molar-refractivity contribution >= 4 is 92.8 Å². The second-order valence-electron chi connectivity index (χ2n) is 25.2. The molecule has 0 radical (unpaired) electrons. The summed E-state index contributed by atoms with van der Waals surface area (Å²) in [5.74, 6) is -7.32. The van der Waals surface area contributed by atoms with Crippen LogP contribution in [-0.4, -0.2) is 148 Å². The van der Waals surface area contributed by atoms with Crippen molar-refractivity contribution in [3.8, 4) is 11.5 Å². The van der Waals surface area contributed by atoms with Crippen molar-refractivity contribution in [3.63, 3.8) is 0 Å². The highest BCUT2D eigenvalue weighted by atomic mass is 16.5. The summed E-state index contributed by atoms with van der Waals surface area (Å²) in [6, 6.07) is 18.3. The number of carbonyl (C=O) groups excluding carboxylic acids is 11. The highest BCUT2D eigenvalue weighted by Gasteiger charge is 2.47. The fourth-order valence-electron chi connectivity index (χ4n) is 12.6. The molecule has 4 aliphatic heterocycles. The largest absolute Gasteiger partial charge is 0.483 e. The van der Waals surface area contributed by atoms with E-state index in [4.69, 9.17) is 20.3 Å². The lowest BCUT2D eigenvalue weighted by molar-refractivity contribution is -0.139. The Morgan fingerprint density at radius 1 is 0.505 bits per heavy atom. The van der Waals surface area contributed by atoms with Crippen molar-refractivity contribution in [1.82, 2.24) is 46.4 Å². The molecule has 2 atom stereocenters. The Kier molecular flexibility index (Phi) is 28.2. The molecule has 4 aromatic carbocycles. The second kappa shape index (κ2) is 37.5. The highest BCUT2D eigenvalue weighted by molar-refractivity contribution is 6.25. The Bertz CT molecular complexity index is 4220. The normalized spacial score (nSPS) is 15.4. The zero-order valence-electron chi connectivity index (χ0n) is 57.0. The summed E-state index contributed by atoms with van der Waals surface area (Å²) >= 11 is 0. The van der Waals surface area contributed by atoms with Crippen LogP contribution in [0.25, 0.3) is 21.8 Å². The van der Waals surface area contributed by atoms with Crippen LogP contribution in [0.1, 0.15) is 215 Å². The van der Waals surface area contributed by atoms with E-state index in [1.165, 1.54) is 102 Å². The minimum absolute atomic E-state index is 0.0105. The van der Waals surface area contributed by atoms with Crippen molar-refractivity contribution in [2.75, 3.05) is 40.4 Å². The number of aromatic nitrogens is 2. The van der Waals surface area contributed by atoms with Gasteiger partial charge in [0, 0.05) is 67.7 Å². The van der Waals surface area contributed by atoms with Gasteiger partial charge in [-0.2, -0.15) is 0 Å². The minimum atomic E-state index is -1.23. The number of aromatic amines is 2. The molecule has 0 saturated carbocycles. The van der Waals surface area contributed by atoms with Crippen LogP contribution >= 0.6 is 0 Å². The molecule has 27 nitrogen and oxygen atoms in total. The molecule has 27 heteroatoms. The highest BCUT2D eigenvalue weighted by Crippen LogP contribution is 2.35. The quantitative estimate of drug-likeness (QED) is 0.0148. The number of nitrogens with zero attached hydrogens (tertiary/aromatic N) is 2. The average molecular weight is 1390 g/mol. The topological polar surface area (TPSA) is 402 Å². The Balaban J connectivity index is 0.000000213. The fourth-order valence-corrected chi connectivity index (χ4v) is 12.6. The van der Waals surface area contributed by atoms with Gasteiger partial charge in [0.05, 0.1) is 22.3 Å². The average Bonchev–Trinajstić information content (AvgIpc) is 1.63. The van der Waals surface area contributed by atoms with Gasteiger partial charge in [-0.25, -0.2) is 4.79 Å². The Labute approximate surface area is 582 Å². The van der Waals surface area contributed by atoms with Gasteiger partial charge in [-0.15, -0.1) is 0 Å². The van der Waals surface area contributed by atoms with Gasteiger partial charge < -0.3 is 46.2 Å². The number of ether oxygens (including phenoxy) is 2. The van der Waals surface area contributed by atoms with Gasteiger partial charge in [-0.05, 0) is 118 Å². The SMILES string of the molecule is CNC(=O)c1c[nH]c2ccc(CCCCCCCCCCCN)cc2c1=O.CNC(=O)c1c[nH]c2ccc(CCCCCCCCCCCNC(=O)COc3cccc4c3C(=O)N(C3CCC(=O)NC3=O)C4=O)cc2c1=O.O=C(O)COc1cccc2c1C(=O)N(C1CCC(=O)NC1=O)C2=O.